The molecule has 442 valence electrons. The van der Waals surface area contributed by atoms with Crippen molar-refractivity contribution in [1.82, 2.24) is 9.38 Å². The van der Waals surface area contributed by atoms with Crippen molar-refractivity contribution in [3.63, 3.8) is 0 Å². The standard InChI is InChI=1S/C73H128N2O2/c1-6-10-14-18-22-26-30-34-38-42-52-65(53-43-39-35-31-27-23-19-15-11-7-2)56-46-48-58-67(69-60-50-62-74-69)72-71(64(5)76)68(70-61-51-63-75(70)73(72)77)59-49-47-57-66(54-44-40-36-32-28-24-20-16-12-8-3)55-45-41-37-33-29-25-21-17-13-9-4/h50-51,60-63,65-66,74H,6-49,52-59H2,1-5H3/b72-67+. The van der Waals surface area contributed by atoms with Crippen LogP contribution in [0.3, 0.4) is 0 Å². The van der Waals surface area contributed by atoms with E-state index in [1.165, 1.54) is 308 Å². The fraction of sp³-hybridized carbons (Fsp3) is 0.808. The highest BCUT2D eigenvalue weighted by atomic mass is 16.1. The first-order valence-corrected chi connectivity index (χ1v) is 34.8. The second-order valence-corrected chi connectivity index (χ2v) is 25.0. The lowest BCUT2D eigenvalue weighted by Gasteiger charge is -2.18. The maximum atomic E-state index is 14.8. The molecule has 0 radical (unpaired) electrons. The second kappa shape index (κ2) is 48.1. The number of unbranched alkanes of at least 4 members (excludes halogenated alkanes) is 38. The van der Waals surface area contributed by atoms with E-state index in [9.17, 15) is 9.59 Å². The van der Waals surface area contributed by atoms with Crippen LogP contribution in [0.25, 0.3) is 11.1 Å². The highest BCUT2D eigenvalue weighted by Gasteiger charge is 2.22. The minimum atomic E-state index is -0.0311. The summed E-state index contributed by atoms with van der Waals surface area (Å²) in [6, 6.07) is 8.28. The number of fused-ring (bicyclic) bond motifs is 1. The first-order chi connectivity index (χ1) is 38.0. The molecule has 0 aliphatic rings. The number of carbonyl (C=O) groups is 1. The number of ketones is 1. The molecular formula is C73H128N2O2. The zero-order valence-electron chi connectivity index (χ0n) is 52.2. The SMILES string of the molecule is CCCCCCCCCCCCC(CCCCCCCCCCCC)CCCC/C(c1ccc[nH]1)=c1/c(C(C)=O)c(CCCCC(CCCCCCCCCCCC)CCCCCCCCCCCC)c2cccn2c1=O. The molecule has 3 rings (SSSR count). The minimum absolute atomic E-state index is 0.0311. The molecule has 0 fully saturated rings. The number of rotatable bonds is 56. The summed E-state index contributed by atoms with van der Waals surface area (Å²) in [6.45, 7) is 11.0. The summed E-state index contributed by atoms with van der Waals surface area (Å²) in [7, 11) is 0. The van der Waals surface area contributed by atoms with Crippen LogP contribution in [0.15, 0.2) is 41.5 Å². The number of nitrogens with zero attached hydrogens (tertiary/aromatic N) is 1. The fourth-order valence-electron chi connectivity index (χ4n) is 13.2. The van der Waals surface area contributed by atoms with Gasteiger partial charge in [0.2, 0.25) is 0 Å². The summed E-state index contributed by atoms with van der Waals surface area (Å²) in [5, 5.41) is 0.658. The molecule has 0 aliphatic carbocycles. The third kappa shape index (κ3) is 31.8. The molecule has 3 aromatic rings. The average Bonchev–Trinajstić information content (AvgIpc) is 4.18. The van der Waals surface area contributed by atoms with Crippen LogP contribution in [0.5, 0.6) is 0 Å². The number of carbonyl (C=O) groups excluding carboxylic acids is 1. The van der Waals surface area contributed by atoms with E-state index in [0.29, 0.717) is 10.8 Å². The molecule has 77 heavy (non-hydrogen) atoms. The van der Waals surface area contributed by atoms with Gasteiger partial charge in [0, 0.05) is 23.7 Å². The van der Waals surface area contributed by atoms with Gasteiger partial charge in [-0.25, -0.2) is 0 Å². The molecule has 0 saturated carbocycles. The lowest BCUT2D eigenvalue weighted by molar-refractivity contribution is 0.101. The molecular weight excluding hydrogens is 937 g/mol. The Morgan fingerprint density at radius 1 is 0.429 bits per heavy atom. The Balaban J connectivity index is 1.69. The number of aromatic nitrogens is 2. The van der Waals surface area contributed by atoms with E-state index in [2.05, 4.69) is 50.9 Å². The highest BCUT2D eigenvalue weighted by Crippen LogP contribution is 2.29. The molecule has 0 atom stereocenters. The molecule has 4 heteroatoms. The molecule has 0 aromatic carbocycles. The van der Waals surface area contributed by atoms with Gasteiger partial charge in [0.25, 0.3) is 5.56 Å². The molecule has 0 bridgehead atoms. The van der Waals surface area contributed by atoms with Gasteiger partial charge >= 0.3 is 0 Å². The molecule has 0 spiro atoms. The molecule has 3 heterocycles. The number of aromatic amines is 1. The monoisotopic (exact) mass is 1060 g/mol. The zero-order chi connectivity index (χ0) is 55.1. The Kier molecular flexibility index (Phi) is 42.9. The number of Topliss-reactive ketones (excluding diaryl/α,β-unsaturated/α-hetero) is 1. The number of H-pyrrole nitrogens is 1. The number of aryl methyl sites for hydroxylation is 1. The van der Waals surface area contributed by atoms with Crippen LogP contribution in [0.1, 0.15) is 384 Å². The Labute approximate surface area is 478 Å². The Morgan fingerprint density at radius 3 is 1.10 bits per heavy atom. The first kappa shape index (κ1) is 68.7. The number of hydrogen-bond donors (Lipinski definition) is 1. The fourth-order valence-corrected chi connectivity index (χ4v) is 13.2. The maximum absolute atomic E-state index is 14.8. The van der Waals surface area contributed by atoms with E-state index >= 15 is 0 Å². The van der Waals surface area contributed by atoms with Gasteiger partial charge in [-0.2, -0.15) is 0 Å². The zero-order valence-corrected chi connectivity index (χ0v) is 52.2. The molecule has 1 N–H and O–H groups in total. The van der Waals surface area contributed by atoms with Crippen LogP contribution in [-0.2, 0) is 6.42 Å². The average molecular weight is 1070 g/mol. The lowest BCUT2D eigenvalue weighted by Crippen LogP contribution is -2.38. The minimum Gasteiger partial charge on any atom is -0.361 e. The maximum Gasteiger partial charge on any atom is 0.263 e. The number of hydrogen-bond acceptors (Lipinski definition) is 2. The Bertz CT molecular complexity index is 1860. The van der Waals surface area contributed by atoms with Crippen molar-refractivity contribution in [2.45, 2.75) is 369 Å². The van der Waals surface area contributed by atoms with Gasteiger partial charge in [0.15, 0.2) is 5.78 Å². The van der Waals surface area contributed by atoms with Gasteiger partial charge in [0.1, 0.15) is 0 Å². The molecule has 0 amide bonds. The third-order valence-corrected chi connectivity index (χ3v) is 18.1. The van der Waals surface area contributed by atoms with Crippen LogP contribution < -0.4 is 10.8 Å². The van der Waals surface area contributed by atoms with Crippen molar-refractivity contribution in [2.75, 3.05) is 0 Å². The van der Waals surface area contributed by atoms with Crippen molar-refractivity contribution < 1.29 is 4.79 Å². The van der Waals surface area contributed by atoms with E-state index in [-0.39, 0.29) is 11.3 Å². The molecule has 0 aliphatic heterocycles. The van der Waals surface area contributed by atoms with Crippen LogP contribution in [0, 0.1) is 11.8 Å². The van der Waals surface area contributed by atoms with Crippen molar-refractivity contribution >= 4 is 16.9 Å². The first-order valence-electron chi connectivity index (χ1n) is 34.8. The Hall–Kier alpha value is -2.62. The van der Waals surface area contributed by atoms with Crippen molar-refractivity contribution in [3.05, 3.63) is 69.1 Å². The van der Waals surface area contributed by atoms with E-state index in [1.54, 1.807) is 6.92 Å². The predicted molar refractivity (Wildman–Crippen MR) is 341 cm³/mol. The van der Waals surface area contributed by atoms with Crippen LogP contribution >= 0.6 is 0 Å². The summed E-state index contributed by atoms with van der Waals surface area (Å²) in [6.07, 6.45) is 74.0. The quantitative estimate of drug-likeness (QED) is 0.0452. The van der Waals surface area contributed by atoms with Crippen LogP contribution in [-0.4, -0.2) is 15.2 Å². The lowest BCUT2D eigenvalue weighted by atomic mass is 9.88. The number of pyridine rings is 1. The number of nitrogens with one attached hydrogen (secondary N) is 1. The summed E-state index contributed by atoms with van der Waals surface area (Å²) in [5.41, 5.74) is 4.72. The molecule has 4 nitrogen and oxygen atoms in total. The van der Waals surface area contributed by atoms with Crippen LogP contribution in [0.4, 0.5) is 0 Å². The molecule has 3 aromatic heterocycles. The Morgan fingerprint density at radius 2 is 0.766 bits per heavy atom. The van der Waals surface area contributed by atoms with E-state index in [4.69, 9.17) is 0 Å². The summed E-state index contributed by atoms with van der Waals surface area (Å²) < 4.78 is 1.87. The highest BCUT2D eigenvalue weighted by molar-refractivity contribution is 5.98. The predicted octanol–water partition coefficient (Wildman–Crippen LogP) is 23.5. The van der Waals surface area contributed by atoms with Crippen molar-refractivity contribution in [1.29, 1.82) is 0 Å². The van der Waals surface area contributed by atoms with Gasteiger partial charge in [0.05, 0.1) is 10.7 Å². The van der Waals surface area contributed by atoms with E-state index in [1.807, 2.05) is 22.9 Å². The van der Waals surface area contributed by atoms with Crippen LogP contribution in [0.2, 0.25) is 0 Å². The molecule has 0 unspecified atom stereocenters. The summed E-state index contributed by atoms with van der Waals surface area (Å²) >= 11 is 0. The van der Waals surface area contributed by atoms with Gasteiger partial charge in [-0.15, -0.1) is 0 Å². The van der Waals surface area contributed by atoms with Crippen molar-refractivity contribution in [2.24, 2.45) is 11.8 Å². The van der Waals surface area contributed by atoms with E-state index < -0.39 is 0 Å². The van der Waals surface area contributed by atoms with E-state index in [0.717, 1.165) is 59.9 Å². The third-order valence-electron chi connectivity index (χ3n) is 18.1. The van der Waals surface area contributed by atoms with Gasteiger partial charge in [-0.3, -0.25) is 14.0 Å². The topological polar surface area (TPSA) is 54.3 Å². The van der Waals surface area contributed by atoms with Gasteiger partial charge in [-0.1, -0.05) is 336 Å². The molecule has 0 saturated heterocycles. The van der Waals surface area contributed by atoms with Crippen molar-refractivity contribution in [3.8, 4) is 0 Å². The second-order valence-electron chi connectivity index (χ2n) is 25.0. The van der Waals surface area contributed by atoms with Gasteiger partial charge < -0.3 is 4.98 Å². The smallest absolute Gasteiger partial charge is 0.263 e. The summed E-state index contributed by atoms with van der Waals surface area (Å²) in [4.78, 5) is 32.4. The largest absolute Gasteiger partial charge is 0.361 e. The normalized spacial score (nSPS) is 12.4. The van der Waals surface area contributed by atoms with Gasteiger partial charge in [-0.05, 0) is 79.8 Å². The summed E-state index contributed by atoms with van der Waals surface area (Å²) in [5.74, 6) is 1.63.